The van der Waals surface area contributed by atoms with E-state index >= 15 is 0 Å². The van der Waals surface area contributed by atoms with Crippen molar-refractivity contribution >= 4 is 0 Å². The summed E-state index contributed by atoms with van der Waals surface area (Å²) in [5.74, 6) is 0. The second kappa shape index (κ2) is 10.4. The van der Waals surface area contributed by atoms with Crippen molar-refractivity contribution in [3.63, 3.8) is 0 Å². The Morgan fingerprint density at radius 1 is 0.912 bits per heavy atom. The Morgan fingerprint density at radius 2 is 1.62 bits per heavy atom. The Morgan fingerprint density at radius 3 is 2.26 bits per heavy atom. The van der Waals surface area contributed by atoms with Gasteiger partial charge in [-0.25, -0.2) is 0 Å². The van der Waals surface area contributed by atoms with Crippen molar-refractivity contribution in [3.05, 3.63) is 95.1 Å². The molecule has 0 aliphatic carbocycles. The first-order valence-corrected chi connectivity index (χ1v) is 11.5. The van der Waals surface area contributed by atoms with Crippen LogP contribution in [0, 0.1) is 11.3 Å². The predicted octanol–water partition coefficient (Wildman–Crippen LogP) is 6.12. The van der Waals surface area contributed by atoms with Crippen LogP contribution in [0.25, 0.3) is 11.1 Å². The lowest BCUT2D eigenvalue weighted by Gasteiger charge is -2.38. The Labute approximate surface area is 198 Å². The fraction of sp³-hybridized carbons (Fsp3) is 0.321. The van der Waals surface area contributed by atoms with Gasteiger partial charge in [-0.1, -0.05) is 48.5 Å². The minimum absolute atomic E-state index is 0.0754. The summed E-state index contributed by atoms with van der Waals surface area (Å²) in [6, 6.07) is 23.1. The Bertz CT molecular complexity index is 1130. The molecule has 0 amide bonds. The van der Waals surface area contributed by atoms with E-state index in [4.69, 9.17) is 10.00 Å². The maximum atomic E-state index is 13.6. The summed E-state index contributed by atoms with van der Waals surface area (Å²) in [5.41, 5.74) is 2.66. The fourth-order valence-electron chi connectivity index (χ4n) is 4.57. The Balaban J connectivity index is 1.49. The smallest absolute Gasteiger partial charge is 0.380 e. The van der Waals surface area contributed by atoms with Gasteiger partial charge < -0.3 is 10.1 Å². The van der Waals surface area contributed by atoms with Gasteiger partial charge in [-0.3, -0.25) is 0 Å². The highest BCUT2D eigenvalue weighted by molar-refractivity contribution is 5.66. The summed E-state index contributed by atoms with van der Waals surface area (Å²) < 4.78 is 46.8. The quantitative estimate of drug-likeness (QED) is 0.428. The molecule has 34 heavy (non-hydrogen) atoms. The highest BCUT2D eigenvalue weighted by Gasteiger charge is 2.34. The van der Waals surface area contributed by atoms with E-state index in [2.05, 4.69) is 17.4 Å². The van der Waals surface area contributed by atoms with Gasteiger partial charge in [-0.2, -0.15) is 18.4 Å². The van der Waals surface area contributed by atoms with E-state index in [-0.39, 0.29) is 5.41 Å². The van der Waals surface area contributed by atoms with Crippen LogP contribution in [0.15, 0.2) is 72.8 Å². The summed E-state index contributed by atoms with van der Waals surface area (Å²) in [6.45, 7) is 2.72. The van der Waals surface area contributed by atoms with Gasteiger partial charge in [-0.05, 0) is 78.9 Å². The zero-order chi connectivity index (χ0) is 24.0. The van der Waals surface area contributed by atoms with E-state index in [9.17, 15) is 13.2 Å². The van der Waals surface area contributed by atoms with Gasteiger partial charge in [0.05, 0.1) is 30.4 Å². The third-order valence-corrected chi connectivity index (χ3v) is 6.53. The second-order valence-electron chi connectivity index (χ2n) is 8.80. The lowest BCUT2D eigenvalue weighted by molar-refractivity contribution is -0.137. The molecule has 0 saturated carbocycles. The number of hydrogen-bond donors (Lipinski definition) is 1. The average Bonchev–Trinajstić information content (AvgIpc) is 2.87. The van der Waals surface area contributed by atoms with Gasteiger partial charge in [0, 0.05) is 5.41 Å². The van der Waals surface area contributed by atoms with Crippen LogP contribution < -0.4 is 5.32 Å². The Hall–Kier alpha value is -3.14. The molecular weight excluding hydrogens is 437 g/mol. The maximum Gasteiger partial charge on any atom is 0.416 e. The second-order valence-corrected chi connectivity index (χ2v) is 8.80. The zero-order valence-electron chi connectivity index (χ0n) is 18.9. The molecule has 1 N–H and O–H groups in total. The molecule has 3 aromatic carbocycles. The normalized spacial score (nSPS) is 15.6. The first-order chi connectivity index (χ1) is 16.4. The Kier molecular flexibility index (Phi) is 7.35. The number of nitrogens with zero attached hydrogens (tertiary/aromatic N) is 1. The number of nitriles is 1. The molecule has 1 aliphatic heterocycles. The highest BCUT2D eigenvalue weighted by atomic mass is 19.4. The number of nitrogens with one attached hydrogen (secondary N) is 1. The summed E-state index contributed by atoms with van der Waals surface area (Å²) in [7, 11) is 0. The number of alkyl halides is 3. The summed E-state index contributed by atoms with van der Waals surface area (Å²) in [4.78, 5) is 0. The van der Waals surface area contributed by atoms with Crippen LogP contribution in [0.5, 0.6) is 0 Å². The van der Waals surface area contributed by atoms with E-state index in [1.165, 1.54) is 11.6 Å². The van der Waals surface area contributed by atoms with E-state index in [0.29, 0.717) is 41.9 Å². The van der Waals surface area contributed by atoms with Crippen molar-refractivity contribution in [2.24, 2.45) is 0 Å². The average molecular weight is 465 g/mol. The van der Waals surface area contributed by atoms with Gasteiger partial charge in [0.15, 0.2) is 0 Å². The van der Waals surface area contributed by atoms with Gasteiger partial charge >= 0.3 is 6.18 Å². The first-order valence-electron chi connectivity index (χ1n) is 11.5. The monoisotopic (exact) mass is 464 g/mol. The van der Waals surface area contributed by atoms with Crippen molar-refractivity contribution < 1.29 is 17.9 Å². The number of rotatable bonds is 7. The van der Waals surface area contributed by atoms with Crippen molar-refractivity contribution in [2.75, 3.05) is 26.3 Å². The number of halogens is 3. The molecule has 0 unspecified atom stereocenters. The molecule has 1 aliphatic rings. The van der Waals surface area contributed by atoms with E-state index < -0.39 is 11.7 Å². The van der Waals surface area contributed by atoms with Crippen molar-refractivity contribution in [2.45, 2.75) is 30.9 Å². The SMILES string of the molecule is N#Cc1ccc(-c2cc(CCOCC3(c4ccccc4)CCNCC3)cc(C(F)(F)F)c2)cc1. The molecule has 4 rings (SSSR count). The van der Waals surface area contributed by atoms with Crippen LogP contribution in [0.2, 0.25) is 0 Å². The van der Waals surface area contributed by atoms with E-state index in [1.54, 1.807) is 30.3 Å². The molecule has 0 bridgehead atoms. The van der Waals surface area contributed by atoms with Crippen LogP contribution >= 0.6 is 0 Å². The molecule has 0 radical (unpaired) electrons. The number of ether oxygens (including phenoxy) is 1. The lowest BCUT2D eigenvalue weighted by Crippen LogP contribution is -2.43. The highest BCUT2D eigenvalue weighted by Crippen LogP contribution is 2.35. The van der Waals surface area contributed by atoms with E-state index in [0.717, 1.165) is 32.0 Å². The molecule has 1 heterocycles. The summed E-state index contributed by atoms with van der Waals surface area (Å²) in [6.07, 6.45) is -2.13. The van der Waals surface area contributed by atoms with Gasteiger partial charge in [0.1, 0.15) is 0 Å². The fourth-order valence-corrected chi connectivity index (χ4v) is 4.57. The minimum Gasteiger partial charge on any atom is -0.380 e. The number of piperidine rings is 1. The predicted molar refractivity (Wildman–Crippen MR) is 126 cm³/mol. The van der Waals surface area contributed by atoms with Crippen molar-refractivity contribution in [1.29, 1.82) is 5.26 Å². The lowest BCUT2D eigenvalue weighted by atomic mass is 9.74. The molecule has 3 nitrogen and oxygen atoms in total. The molecule has 176 valence electrons. The third-order valence-electron chi connectivity index (χ3n) is 6.53. The van der Waals surface area contributed by atoms with Gasteiger partial charge in [0.2, 0.25) is 0 Å². The van der Waals surface area contributed by atoms with E-state index in [1.807, 2.05) is 24.3 Å². The van der Waals surface area contributed by atoms with Crippen LogP contribution in [0.4, 0.5) is 13.2 Å². The van der Waals surface area contributed by atoms with Crippen molar-refractivity contribution in [3.8, 4) is 17.2 Å². The molecule has 3 aromatic rings. The van der Waals surface area contributed by atoms with Gasteiger partial charge in [0.25, 0.3) is 0 Å². The summed E-state index contributed by atoms with van der Waals surface area (Å²) in [5, 5.41) is 12.4. The zero-order valence-corrected chi connectivity index (χ0v) is 18.9. The third kappa shape index (κ3) is 5.67. The molecule has 0 aromatic heterocycles. The number of benzene rings is 3. The topological polar surface area (TPSA) is 45.0 Å². The molecular formula is C28H27F3N2O. The van der Waals surface area contributed by atoms with Crippen LogP contribution in [-0.4, -0.2) is 26.3 Å². The number of hydrogen-bond acceptors (Lipinski definition) is 3. The van der Waals surface area contributed by atoms with Crippen molar-refractivity contribution in [1.82, 2.24) is 5.32 Å². The minimum atomic E-state index is -4.44. The molecule has 0 atom stereocenters. The maximum absolute atomic E-state index is 13.6. The molecule has 0 spiro atoms. The largest absolute Gasteiger partial charge is 0.416 e. The van der Waals surface area contributed by atoms with Gasteiger partial charge in [-0.15, -0.1) is 0 Å². The molecule has 6 heteroatoms. The van der Waals surface area contributed by atoms with Crippen LogP contribution in [-0.2, 0) is 22.7 Å². The standard InChI is InChI=1S/C28H27F3N2O/c29-28(30,31)26-17-22(16-24(18-26)23-8-6-21(19-32)7-9-23)10-15-34-20-27(11-13-33-14-12-27)25-4-2-1-3-5-25/h1-9,16-18,33H,10-15,20H2. The van der Waals surface area contributed by atoms with Crippen LogP contribution in [0.1, 0.15) is 35.1 Å². The van der Waals surface area contributed by atoms with Crippen LogP contribution in [0.3, 0.4) is 0 Å². The first kappa shape index (κ1) is 24.0. The summed E-state index contributed by atoms with van der Waals surface area (Å²) >= 11 is 0. The molecule has 1 saturated heterocycles. The molecule has 1 fully saturated rings.